The van der Waals surface area contributed by atoms with Gasteiger partial charge in [-0.05, 0) is 50.0 Å². The van der Waals surface area contributed by atoms with Gasteiger partial charge in [-0.25, -0.2) is 0 Å². The van der Waals surface area contributed by atoms with Gasteiger partial charge in [-0.15, -0.1) is 0 Å². The zero-order valence-corrected chi connectivity index (χ0v) is 9.42. The van der Waals surface area contributed by atoms with E-state index in [2.05, 4.69) is 19.2 Å². The van der Waals surface area contributed by atoms with Crippen LogP contribution in [0.3, 0.4) is 0 Å². The second kappa shape index (κ2) is 3.82. The highest BCUT2D eigenvalue weighted by Gasteiger charge is 2.32. The van der Waals surface area contributed by atoms with Gasteiger partial charge in [0.15, 0.2) is 0 Å². The molecule has 2 nitrogen and oxygen atoms in total. The summed E-state index contributed by atoms with van der Waals surface area (Å²) < 4.78 is 0. The number of nitrogens with one attached hydrogen (secondary N) is 1. The molecule has 2 rings (SSSR count). The molecule has 2 saturated carbocycles. The molecule has 2 N–H and O–H groups in total. The van der Waals surface area contributed by atoms with E-state index in [9.17, 15) is 0 Å². The largest absolute Gasteiger partial charge is 0.393 e. The highest BCUT2D eigenvalue weighted by molar-refractivity contribution is 4.88. The first-order chi connectivity index (χ1) is 6.55. The molecule has 0 aromatic rings. The third-order valence-electron chi connectivity index (χ3n) is 3.87. The molecule has 0 spiro atoms. The number of aliphatic hydroxyl groups excluding tert-OH is 1. The lowest BCUT2D eigenvalue weighted by molar-refractivity contribution is 0.0418. The lowest BCUT2D eigenvalue weighted by Gasteiger charge is -2.32. The molecule has 0 bridgehead atoms. The predicted molar refractivity (Wildman–Crippen MR) is 58.2 cm³/mol. The summed E-state index contributed by atoms with van der Waals surface area (Å²) in [5.41, 5.74) is 0.552. The molecule has 2 heteroatoms. The van der Waals surface area contributed by atoms with Crippen molar-refractivity contribution in [3.63, 3.8) is 0 Å². The second-order valence-corrected chi connectivity index (χ2v) is 6.00. The molecule has 14 heavy (non-hydrogen) atoms. The summed E-state index contributed by atoms with van der Waals surface area (Å²) in [5.74, 6) is 0.744. The quantitative estimate of drug-likeness (QED) is 0.724. The van der Waals surface area contributed by atoms with E-state index >= 15 is 0 Å². The molecule has 1 unspecified atom stereocenters. The molecule has 0 heterocycles. The number of aliphatic hydroxyl groups is 1. The Bertz CT molecular complexity index is 196. The van der Waals surface area contributed by atoms with E-state index in [1.165, 1.54) is 19.3 Å². The lowest BCUT2D eigenvalue weighted by atomic mass is 9.82. The van der Waals surface area contributed by atoms with E-state index in [-0.39, 0.29) is 6.10 Å². The van der Waals surface area contributed by atoms with Gasteiger partial charge < -0.3 is 10.4 Å². The maximum Gasteiger partial charge on any atom is 0.0546 e. The molecule has 2 aliphatic carbocycles. The zero-order valence-electron chi connectivity index (χ0n) is 9.42. The van der Waals surface area contributed by atoms with Crippen LogP contribution < -0.4 is 5.32 Å². The fourth-order valence-corrected chi connectivity index (χ4v) is 2.81. The Kier molecular flexibility index (Phi) is 2.85. The molecule has 0 aliphatic heterocycles. The van der Waals surface area contributed by atoms with Crippen molar-refractivity contribution in [2.75, 3.05) is 6.54 Å². The van der Waals surface area contributed by atoms with Gasteiger partial charge in [-0.2, -0.15) is 0 Å². The van der Waals surface area contributed by atoms with Crippen LogP contribution in [0, 0.1) is 11.3 Å². The molecular weight excluding hydrogens is 174 g/mol. The monoisotopic (exact) mass is 197 g/mol. The molecule has 0 saturated heterocycles. The van der Waals surface area contributed by atoms with Crippen molar-refractivity contribution in [1.82, 2.24) is 5.32 Å². The Hall–Kier alpha value is -0.0800. The average molecular weight is 197 g/mol. The van der Waals surface area contributed by atoms with Crippen molar-refractivity contribution in [3.05, 3.63) is 0 Å². The van der Waals surface area contributed by atoms with Crippen molar-refractivity contribution in [3.8, 4) is 0 Å². The van der Waals surface area contributed by atoms with E-state index in [1.54, 1.807) is 0 Å². The van der Waals surface area contributed by atoms with E-state index in [0.717, 1.165) is 31.3 Å². The maximum absolute atomic E-state index is 9.17. The summed E-state index contributed by atoms with van der Waals surface area (Å²) in [4.78, 5) is 0. The Morgan fingerprint density at radius 2 is 2.07 bits per heavy atom. The summed E-state index contributed by atoms with van der Waals surface area (Å²) in [6.45, 7) is 5.85. The standard InChI is InChI=1S/C12H23NO/c1-12(2)4-3-10(7-12)13-8-9-5-11(14)6-9/h9-11,13-14H,3-8H2,1-2H3. The van der Waals surface area contributed by atoms with Crippen molar-refractivity contribution >= 4 is 0 Å². The summed E-state index contributed by atoms with van der Waals surface area (Å²) in [6.07, 6.45) is 6.05. The highest BCUT2D eigenvalue weighted by Crippen LogP contribution is 2.37. The van der Waals surface area contributed by atoms with E-state index in [1.807, 2.05) is 0 Å². The Morgan fingerprint density at radius 1 is 1.36 bits per heavy atom. The smallest absolute Gasteiger partial charge is 0.0546 e. The van der Waals surface area contributed by atoms with Gasteiger partial charge >= 0.3 is 0 Å². The molecule has 1 atom stereocenters. The molecular formula is C12H23NO. The fourth-order valence-electron chi connectivity index (χ4n) is 2.81. The Balaban J connectivity index is 1.63. The van der Waals surface area contributed by atoms with Crippen LogP contribution in [0.15, 0.2) is 0 Å². The van der Waals surface area contributed by atoms with E-state index in [0.29, 0.717) is 5.41 Å². The van der Waals surface area contributed by atoms with Crippen molar-refractivity contribution in [2.45, 2.75) is 58.1 Å². The van der Waals surface area contributed by atoms with Gasteiger partial charge in [0.05, 0.1) is 6.10 Å². The normalized spacial score (nSPS) is 40.9. The van der Waals surface area contributed by atoms with Gasteiger partial charge in [-0.3, -0.25) is 0 Å². The second-order valence-electron chi connectivity index (χ2n) is 6.00. The predicted octanol–water partition coefficient (Wildman–Crippen LogP) is 1.93. The van der Waals surface area contributed by atoms with Crippen LogP contribution in [0.4, 0.5) is 0 Å². The number of hydrogen-bond acceptors (Lipinski definition) is 2. The van der Waals surface area contributed by atoms with Crippen LogP contribution in [0.2, 0.25) is 0 Å². The topological polar surface area (TPSA) is 32.3 Å². The van der Waals surface area contributed by atoms with E-state index in [4.69, 9.17) is 5.11 Å². The molecule has 0 amide bonds. The summed E-state index contributed by atoms with van der Waals surface area (Å²) >= 11 is 0. The van der Waals surface area contributed by atoms with Crippen LogP contribution in [0.5, 0.6) is 0 Å². The third-order valence-corrected chi connectivity index (χ3v) is 3.87. The van der Waals surface area contributed by atoms with Crippen molar-refractivity contribution < 1.29 is 5.11 Å². The molecule has 0 aromatic carbocycles. The van der Waals surface area contributed by atoms with Crippen LogP contribution in [-0.4, -0.2) is 23.8 Å². The van der Waals surface area contributed by atoms with Crippen LogP contribution in [0.25, 0.3) is 0 Å². The van der Waals surface area contributed by atoms with Gasteiger partial charge in [0, 0.05) is 6.04 Å². The fraction of sp³-hybridized carbons (Fsp3) is 1.00. The lowest BCUT2D eigenvalue weighted by Crippen LogP contribution is -2.39. The summed E-state index contributed by atoms with van der Waals surface area (Å²) in [6, 6.07) is 0.739. The molecule has 2 aliphatic rings. The zero-order chi connectivity index (χ0) is 10.2. The molecule has 0 aromatic heterocycles. The minimum absolute atomic E-state index is 0.00168. The average Bonchev–Trinajstić information content (AvgIpc) is 2.37. The van der Waals surface area contributed by atoms with Crippen LogP contribution in [0.1, 0.15) is 46.0 Å². The summed E-state index contributed by atoms with van der Waals surface area (Å²) in [7, 11) is 0. The van der Waals surface area contributed by atoms with Gasteiger partial charge in [0.25, 0.3) is 0 Å². The van der Waals surface area contributed by atoms with Gasteiger partial charge in [0.1, 0.15) is 0 Å². The van der Waals surface area contributed by atoms with Crippen LogP contribution >= 0.6 is 0 Å². The van der Waals surface area contributed by atoms with Gasteiger partial charge in [-0.1, -0.05) is 13.8 Å². The van der Waals surface area contributed by atoms with Crippen LogP contribution in [-0.2, 0) is 0 Å². The van der Waals surface area contributed by atoms with Gasteiger partial charge in [0.2, 0.25) is 0 Å². The summed E-state index contributed by atoms with van der Waals surface area (Å²) in [5, 5.41) is 12.8. The SMILES string of the molecule is CC1(C)CCC(NCC2CC(O)C2)C1. The highest BCUT2D eigenvalue weighted by atomic mass is 16.3. The van der Waals surface area contributed by atoms with Crippen molar-refractivity contribution in [1.29, 1.82) is 0 Å². The molecule has 2 fully saturated rings. The first-order valence-corrected chi connectivity index (χ1v) is 5.97. The number of rotatable bonds is 3. The first-order valence-electron chi connectivity index (χ1n) is 5.97. The minimum atomic E-state index is 0.00168. The Labute approximate surface area is 87.1 Å². The number of hydrogen-bond donors (Lipinski definition) is 2. The Morgan fingerprint density at radius 3 is 2.57 bits per heavy atom. The maximum atomic E-state index is 9.17. The third kappa shape index (κ3) is 2.48. The minimum Gasteiger partial charge on any atom is -0.393 e. The molecule has 82 valence electrons. The molecule has 0 radical (unpaired) electrons. The van der Waals surface area contributed by atoms with Crippen molar-refractivity contribution in [2.24, 2.45) is 11.3 Å². The first kappa shape index (κ1) is 10.4. The van der Waals surface area contributed by atoms with E-state index < -0.39 is 0 Å².